The minimum atomic E-state index is -1.05. The van der Waals surface area contributed by atoms with Gasteiger partial charge in [0.2, 0.25) is 0 Å². The number of rotatable bonds is 2. The van der Waals surface area contributed by atoms with E-state index in [-0.39, 0.29) is 23.6 Å². The summed E-state index contributed by atoms with van der Waals surface area (Å²) >= 11 is 3.24. The normalized spacial score (nSPS) is 22.6. The van der Waals surface area contributed by atoms with Gasteiger partial charge in [0.05, 0.1) is 24.3 Å². The van der Waals surface area contributed by atoms with E-state index in [2.05, 4.69) is 15.9 Å². The first-order valence-corrected chi connectivity index (χ1v) is 7.16. The number of benzene rings is 1. The first-order chi connectivity index (χ1) is 9.40. The zero-order chi connectivity index (χ0) is 14.9. The third-order valence-corrected chi connectivity index (χ3v) is 3.99. The van der Waals surface area contributed by atoms with Gasteiger partial charge in [-0.05, 0) is 32.0 Å². The van der Waals surface area contributed by atoms with E-state index in [1.54, 1.807) is 11.0 Å². The van der Waals surface area contributed by atoms with Crippen LogP contribution < -0.4 is 0 Å². The van der Waals surface area contributed by atoms with Crippen LogP contribution in [0.25, 0.3) is 0 Å². The van der Waals surface area contributed by atoms with Crippen molar-refractivity contribution in [3.05, 3.63) is 33.8 Å². The summed E-state index contributed by atoms with van der Waals surface area (Å²) in [7, 11) is 0. The number of halogens is 1. The van der Waals surface area contributed by atoms with Gasteiger partial charge in [-0.2, -0.15) is 0 Å². The molecule has 1 N–H and O–H groups in total. The summed E-state index contributed by atoms with van der Waals surface area (Å²) in [5.74, 6) is -1.22. The van der Waals surface area contributed by atoms with Crippen molar-refractivity contribution in [3.8, 4) is 0 Å². The number of carboxylic acid groups (broad SMARTS) is 1. The summed E-state index contributed by atoms with van der Waals surface area (Å²) in [5.41, 5.74) is 0.467. The minimum absolute atomic E-state index is 0.0289. The Labute approximate surface area is 125 Å². The van der Waals surface area contributed by atoms with Gasteiger partial charge in [-0.1, -0.05) is 15.9 Å². The van der Waals surface area contributed by atoms with Crippen molar-refractivity contribution >= 4 is 27.8 Å². The van der Waals surface area contributed by atoms with E-state index in [0.29, 0.717) is 23.2 Å². The van der Waals surface area contributed by atoms with Crippen molar-refractivity contribution < 1.29 is 19.4 Å². The summed E-state index contributed by atoms with van der Waals surface area (Å²) in [6.07, 6.45) is -0.0289. The number of nitrogens with zero attached hydrogens (tertiary/aromatic N) is 1. The standard InChI is InChI=1S/C14H16BrNO4/c1-8-9(2)20-4-3-16(8)13(17)10-5-11(14(18)19)7-12(15)6-10/h5-9H,3-4H2,1-2H3,(H,18,19). The molecule has 0 aromatic heterocycles. The quantitative estimate of drug-likeness (QED) is 0.896. The smallest absolute Gasteiger partial charge is 0.335 e. The molecular weight excluding hydrogens is 326 g/mol. The monoisotopic (exact) mass is 341 g/mol. The molecule has 5 nitrogen and oxygen atoms in total. The van der Waals surface area contributed by atoms with Crippen LogP contribution in [-0.2, 0) is 4.74 Å². The summed E-state index contributed by atoms with van der Waals surface area (Å²) in [6.45, 7) is 4.86. The average Bonchev–Trinajstić information content (AvgIpc) is 2.40. The fourth-order valence-corrected chi connectivity index (χ4v) is 2.72. The highest BCUT2D eigenvalue weighted by atomic mass is 79.9. The van der Waals surface area contributed by atoms with Crippen LogP contribution in [0.4, 0.5) is 0 Å². The Kier molecular flexibility index (Phi) is 4.45. The molecule has 0 bridgehead atoms. The topological polar surface area (TPSA) is 66.8 Å². The highest BCUT2D eigenvalue weighted by Crippen LogP contribution is 2.21. The molecule has 1 aromatic rings. The van der Waals surface area contributed by atoms with Gasteiger partial charge in [0.1, 0.15) is 0 Å². The van der Waals surface area contributed by atoms with Gasteiger partial charge in [-0.15, -0.1) is 0 Å². The first-order valence-electron chi connectivity index (χ1n) is 6.36. The Hall–Kier alpha value is -1.40. The van der Waals surface area contributed by atoms with Gasteiger partial charge in [-0.25, -0.2) is 4.79 Å². The summed E-state index contributed by atoms with van der Waals surface area (Å²) in [4.78, 5) is 25.3. The Morgan fingerprint density at radius 3 is 2.60 bits per heavy atom. The number of aromatic carboxylic acids is 1. The van der Waals surface area contributed by atoms with Crippen LogP contribution in [-0.4, -0.2) is 47.2 Å². The van der Waals surface area contributed by atoms with Crippen molar-refractivity contribution in [2.24, 2.45) is 0 Å². The molecule has 108 valence electrons. The van der Waals surface area contributed by atoms with Crippen LogP contribution >= 0.6 is 15.9 Å². The molecule has 6 heteroatoms. The second-order valence-corrected chi connectivity index (χ2v) is 5.76. The van der Waals surface area contributed by atoms with Crippen LogP contribution in [0.5, 0.6) is 0 Å². The van der Waals surface area contributed by atoms with Gasteiger partial charge in [0, 0.05) is 16.6 Å². The highest BCUT2D eigenvalue weighted by Gasteiger charge is 2.30. The first kappa shape index (κ1) is 15.0. The molecule has 1 amide bonds. The number of carbonyl (C=O) groups excluding carboxylic acids is 1. The lowest BCUT2D eigenvalue weighted by Crippen LogP contribution is -2.51. The number of ether oxygens (including phenoxy) is 1. The fourth-order valence-electron chi connectivity index (χ4n) is 2.22. The molecule has 2 atom stereocenters. The lowest BCUT2D eigenvalue weighted by Gasteiger charge is -2.37. The van der Waals surface area contributed by atoms with Crippen molar-refractivity contribution in [2.45, 2.75) is 26.0 Å². The third kappa shape index (κ3) is 3.02. The number of carboxylic acids is 1. The number of morpholine rings is 1. The molecule has 2 rings (SSSR count). The van der Waals surface area contributed by atoms with Crippen LogP contribution in [0.1, 0.15) is 34.6 Å². The number of hydrogen-bond acceptors (Lipinski definition) is 3. The Bertz CT molecular complexity index is 546. The van der Waals surface area contributed by atoms with Crippen LogP contribution in [0.2, 0.25) is 0 Å². The van der Waals surface area contributed by atoms with E-state index < -0.39 is 5.97 Å². The Morgan fingerprint density at radius 2 is 1.95 bits per heavy atom. The van der Waals surface area contributed by atoms with Crippen LogP contribution in [0, 0.1) is 0 Å². The number of carbonyl (C=O) groups is 2. The lowest BCUT2D eigenvalue weighted by atomic mass is 10.1. The molecule has 1 aliphatic heterocycles. The third-order valence-electron chi connectivity index (χ3n) is 3.54. The largest absolute Gasteiger partial charge is 0.478 e. The van der Waals surface area contributed by atoms with Crippen LogP contribution in [0.15, 0.2) is 22.7 Å². The number of hydrogen-bond donors (Lipinski definition) is 1. The second-order valence-electron chi connectivity index (χ2n) is 4.85. The van der Waals surface area contributed by atoms with Crippen LogP contribution in [0.3, 0.4) is 0 Å². The molecule has 20 heavy (non-hydrogen) atoms. The van der Waals surface area contributed by atoms with E-state index in [9.17, 15) is 9.59 Å². The lowest BCUT2D eigenvalue weighted by molar-refractivity contribution is -0.0440. The van der Waals surface area contributed by atoms with Crippen molar-refractivity contribution in [1.82, 2.24) is 4.90 Å². The molecule has 1 heterocycles. The van der Waals surface area contributed by atoms with E-state index in [0.717, 1.165) is 0 Å². The Morgan fingerprint density at radius 1 is 1.30 bits per heavy atom. The predicted octanol–water partition coefficient (Wildman–Crippen LogP) is 2.40. The maximum absolute atomic E-state index is 12.5. The zero-order valence-electron chi connectivity index (χ0n) is 11.3. The zero-order valence-corrected chi connectivity index (χ0v) is 12.9. The van der Waals surface area contributed by atoms with Gasteiger partial charge in [-0.3, -0.25) is 4.79 Å². The molecule has 0 spiro atoms. The van der Waals surface area contributed by atoms with E-state index >= 15 is 0 Å². The maximum Gasteiger partial charge on any atom is 0.335 e. The second kappa shape index (κ2) is 5.93. The van der Waals surface area contributed by atoms with Gasteiger partial charge >= 0.3 is 5.97 Å². The van der Waals surface area contributed by atoms with Gasteiger partial charge < -0.3 is 14.7 Å². The minimum Gasteiger partial charge on any atom is -0.478 e. The van der Waals surface area contributed by atoms with Crippen molar-refractivity contribution in [1.29, 1.82) is 0 Å². The van der Waals surface area contributed by atoms with Crippen molar-refractivity contribution in [2.75, 3.05) is 13.2 Å². The molecule has 0 radical (unpaired) electrons. The van der Waals surface area contributed by atoms with Gasteiger partial charge in [0.15, 0.2) is 0 Å². The maximum atomic E-state index is 12.5. The highest BCUT2D eigenvalue weighted by molar-refractivity contribution is 9.10. The summed E-state index contributed by atoms with van der Waals surface area (Å²) in [6, 6.07) is 4.48. The predicted molar refractivity (Wildman–Crippen MR) is 77.0 cm³/mol. The Balaban J connectivity index is 2.31. The summed E-state index contributed by atoms with van der Waals surface area (Å²) in [5, 5.41) is 9.05. The fraction of sp³-hybridized carbons (Fsp3) is 0.429. The summed E-state index contributed by atoms with van der Waals surface area (Å²) < 4.78 is 6.07. The molecule has 0 aliphatic carbocycles. The van der Waals surface area contributed by atoms with E-state index in [1.807, 2.05) is 13.8 Å². The molecule has 1 aliphatic rings. The SMILES string of the molecule is CC1OCCN(C(=O)c2cc(Br)cc(C(=O)O)c2)C1C. The van der Waals surface area contributed by atoms with Crippen molar-refractivity contribution in [3.63, 3.8) is 0 Å². The molecule has 1 saturated heterocycles. The molecule has 0 saturated carbocycles. The average molecular weight is 342 g/mol. The molecule has 1 aromatic carbocycles. The van der Waals surface area contributed by atoms with E-state index in [4.69, 9.17) is 9.84 Å². The molecular formula is C14H16BrNO4. The number of amides is 1. The van der Waals surface area contributed by atoms with E-state index in [1.165, 1.54) is 12.1 Å². The molecule has 1 fully saturated rings. The van der Waals surface area contributed by atoms with Gasteiger partial charge in [0.25, 0.3) is 5.91 Å². The molecule has 2 unspecified atom stereocenters.